The van der Waals surface area contributed by atoms with E-state index in [0.717, 1.165) is 30.9 Å². The molecule has 1 N–H and O–H groups in total. The van der Waals surface area contributed by atoms with E-state index in [0.29, 0.717) is 6.04 Å². The van der Waals surface area contributed by atoms with Gasteiger partial charge >= 0.3 is 0 Å². The highest BCUT2D eigenvalue weighted by molar-refractivity contribution is 5.76. The highest BCUT2D eigenvalue weighted by atomic mass is 15.1. The van der Waals surface area contributed by atoms with Crippen LogP contribution in [-0.2, 0) is 6.42 Å². The van der Waals surface area contributed by atoms with Crippen molar-refractivity contribution in [3.8, 4) is 0 Å². The minimum atomic E-state index is 0.396. The van der Waals surface area contributed by atoms with Gasteiger partial charge in [0.25, 0.3) is 0 Å². The number of aromatic nitrogens is 2. The maximum atomic E-state index is 4.70. The molecule has 1 aromatic carbocycles. The molecule has 0 saturated carbocycles. The summed E-state index contributed by atoms with van der Waals surface area (Å²) in [5.74, 6) is 1.16. The number of imidazole rings is 1. The van der Waals surface area contributed by atoms with Crippen LogP contribution in [0.3, 0.4) is 0 Å². The second-order valence-corrected chi connectivity index (χ2v) is 4.54. The summed E-state index contributed by atoms with van der Waals surface area (Å²) in [6, 6.07) is 8.73. The SMILES string of the molecule is C=CCNCC(C)n1c(CC)nc2ccccc21. The maximum Gasteiger partial charge on any atom is 0.109 e. The van der Waals surface area contributed by atoms with Crippen LogP contribution >= 0.6 is 0 Å². The first-order valence-corrected chi connectivity index (χ1v) is 6.55. The van der Waals surface area contributed by atoms with Crippen molar-refractivity contribution in [2.24, 2.45) is 0 Å². The first-order chi connectivity index (χ1) is 8.77. The highest BCUT2D eigenvalue weighted by Gasteiger charge is 2.13. The second kappa shape index (κ2) is 5.83. The van der Waals surface area contributed by atoms with Crippen molar-refractivity contribution in [3.63, 3.8) is 0 Å². The Hall–Kier alpha value is -1.61. The van der Waals surface area contributed by atoms with Crippen LogP contribution in [-0.4, -0.2) is 22.6 Å². The lowest BCUT2D eigenvalue weighted by atomic mass is 10.2. The van der Waals surface area contributed by atoms with Gasteiger partial charge in [0.1, 0.15) is 5.82 Å². The molecule has 0 spiro atoms. The Bertz CT molecular complexity index is 528. The van der Waals surface area contributed by atoms with Crippen LogP contribution in [0.25, 0.3) is 11.0 Å². The molecule has 1 heterocycles. The minimum absolute atomic E-state index is 0.396. The third kappa shape index (κ3) is 2.46. The molecule has 0 aliphatic heterocycles. The van der Waals surface area contributed by atoms with E-state index >= 15 is 0 Å². The van der Waals surface area contributed by atoms with Crippen LogP contribution in [0.2, 0.25) is 0 Å². The predicted octanol–water partition coefficient (Wildman–Crippen LogP) is 2.94. The number of fused-ring (bicyclic) bond motifs is 1. The van der Waals surface area contributed by atoms with Gasteiger partial charge in [-0.15, -0.1) is 6.58 Å². The summed E-state index contributed by atoms with van der Waals surface area (Å²) in [6.07, 6.45) is 2.85. The average Bonchev–Trinajstić information content (AvgIpc) is 2.77. The Morgan fingerprint density at radius 2 is 2.22 bits per heavy atom. The molecule has 0 aliphatic rings. The zero-order chi connectivity index (χ0) is 13.0. The Balaban J connectivity index is 2.32. The van der Waals surface area contributed by atoms with Crippen molar-refractivity contribution >= 4 is 11.0 Å². The summed E-state index contributed by atoms with van der Waals surface area (Å²) in [5.41, 5.74) is 2.31. The second-order valence-electron chi connectivity index (χ2n) is 4.54. The van der Waals surface area contributed by atoms with Crippen LogP contribution in [0.1, 0.15) is 25.7 Å². The third-order valence-corrected chi connectivity index (χ3v) is 3.15. The van der Waals surface area contributed by atoms with Gasteiger partial charge in [-0.3, -0.25) is 0 Å². The fraction of sp³-hybridized carbons (Fsp3) is 0.400. The van der Waals surface area contributed by atoms with Crippen LogP contribution < -0.4 is 5.32 Å². The molecular formula is C15H21N3. The fourth-order valence-corrected chi connectivity index (χ4v) is 2.32. The lowest BCUT2D eigenvalue weighted by molar-refractivity contribution is 0.503. The van der Waals surface area contributed by atoms with Crippen molar-refractivity contribution in [1.29, 1.82) is 0 Å². The zero-order valence-corrected chi connectivity index (χ0v) is 11.2. The lowest BCUT2D eigenvalue weighted by Crippen LogP contribution is -2.24. The van der Waals surface area contributed by atoms with Gasteiger partial charge in [0, 0.05) is 25.6 Å². The first kappa shape index (κ1) is 12.8. The number of nitrogens with one attached hydrogen (secondary N) is 1. The molecule has 1 atom stereocenters. The van der Waals surface area contributed by atoms with Crippen LogP contribution in [0.15, 0.2) is 36.9 Å². The number of nitrogens with zero attached hydrogens (tertiary/aromatic N) is 2. The number of hydrogen-bond acceptors (Lipinski definition) is 2. The van der Waals surface area contributed by atoms with E-state index in [9.17, 15) is 0 Å². The van der Waals surface area contributed by atoms with E-state index < -0.39 is 0 Å². The molecule has 1 aromatic heterocycles. The Morgan fingerprint density at radius 1 is 1.44 bits per heavy atom. The van der Waals surface area contributed by atoms with Gasteiger partial charge in [-0.05, 0) is 19.1 Å². The van der Waals surface area contributed by atoms with E-state index in [2.05, 4.69) is 48.5 Å². The van der Waals surface area contributed by atoms with Crippen molar-refractivity contribution < 1.29 is 0 Å². The van der Waals surface area contributed by atoms with E-state index in [1.54, 1.807) is 0 Å². The van der Waals surface area contributed by atoms with E-state index in [1.807, 2.05) is 12.1 Å². The summed E-state index contributed by atoms with van der Waals surface area (Å²) in [5, 5.41) is 3.37. The Labute approximate surface area is 109 Å². The maximum absolute atomic E-state index is 4.70. The monoisotopic (exact) mass is 243 g/mol. The Morgan fingerprint density at radius 3 is 2.94 bits per heavy atom. The zero-order valence-electron chi connectivity index (χ0n) is 11.2. The summed E-state index contributed by atoms with van der Waals surface area (Å²) in [6.45, 7) is 9.88. The molecule has 2 rings (SSSR count). The smallest absolute Gasteiger partial charge is 0.109 e. The van der Waals surface area contributed by atoms with Gasteiger partial charge in [-0.2, -0.15) is 0 Å². The number of aryl methyl sites for hydroxylation is 1. The molecule has 3 heteroatoms. The van der Waals surface area contributed by atoms with Gasteiger partial charge in [-0.25, -0.2) is 4.98 Å². The summed E-state index contributed by atoms with van der Waals surface area (Å²) in [4.78, 5) is 4.70. The molecule has 0 saturated heterocycles. The molecule has 0 radical (unpaired) electrons. The number of rotatable bonds is 6. The largest absolute Gasteiger partial charge is 0.324 e. The fourth-order valence-electron chi connectivity index (χ4n) is 2.32. The van der Waals surface area contributed by atoms with Gasteiger partial charge in [-0.1, -0.05) is 25.1 Å². The van der Waals surface area contributed by atoms with Crippen LogP contribution in [0.5, 0.6) is 0 Å². The molecule has 0 bridgehead atoms. The van der Waals surface area contributed by atoms with Crippen molar-refractivity contribution in [2.45, 2.75) is 26.3 Å². The number of para-hydroxylation sites is 2. The molecule has 1 unspecified atom stereocenters. The topological polar surface area (TPSA) is 29.9 Å². The molecule has 2 aromatic rings. The number of hydrogen-bond donors (Lipinski definition) is 1. The molecule has 18 heavy (non-hydrogen) atoms. The molecule has 0 fully saturated rings. The lowest BCUT2D eigenvalue weighted by Gasteiger charge is -2.17. The van der Waals surface area contributed by atoms with Gasteiger partial charge in [0.2, 0.25) is 0 Å². The third-order valence-electron chi connectivity index (χ3n) is 3.15. The molecule has 96 valence electrons. The minimum Gasteiger partial charge on any atom is -0.324 e. The molecule has 0 amide bonds. The summed E-state index contributed by atoms with van der Waals surface area (Å²) < 4.78 is 2.34. The summed E-state index contributed by atoms with van der Waals surface area (Å²) >= 11 is 0. The van der Waals surface area contributed by atoms with Gasteiger partial charge < -0.3 is 9.88 Å². The number of benzene rings is 1. The molecular weight excluding hydrogens is 222 g/mol. The van der Waals surface area contributed by atoms with Crippen LogP contribution in [0, 0.1) is 0 Å². The normalized spacial score (nSPS) is 12.8. The highest BCUT2D eigenvalue weighted by Crippen LogP contribution is 2.21. The Kier molecular flexibility index (Phi) is 4.15. The molecule has 0 aliphatic carbocycles. The first-order valence-electron chi connectivity index (χ1n) is 6.55. The predicted molar refractivity (Wildman–Crippen MR) is 76.9 cm³/mol. The van der Waals surface area contributed by atoms with Crippen molar-refractivity contribution in [1.82, 2.24) is 14.9 Å². The van der Waals surface area contributed by atoms with E-state index in [1.165, 1.54) is 5.52 Å². The van der Waals surface area contributed by atoms with Crippen molar-refractivity contribution in [2.75, 3.05) is 13.1 Å². The average molecular weight is 243 g/mol. The molecule has 3 nitrogen and oxygen atoms in total. The van der Waals surface area contributed by atoms with E-state index in [4.69, 9.17) is 4.98 Å². The van der Waals surface area contributed by atoms with Crippen LogP contribution in [0.4, 0.5) is 0 Å². The van der Waals surface area contributed by atoms with Gasteiger partial charge in [0.15, 0.2) is 0 Å². The van der Waals surface area contributed by atoms with Gasteiger partial charge in [0.05, 0.1) is 11.0 Å². The van der Waals surface area contributed by atoms with Crippen molar-refractivity contribution in [3.05, 3.63) is 42.7 Å². The van der Waals surface area contributed by atoms with E-state index in [-0.39, 0.29) is 0 Å². The standard InChI is InChI=1S/C15H21N3/c1-4-10-16-11-12(3)18-14-9-7-6-8-13(14)17-15(18)5-2/h4,6-9,12,16H,1,5,10-11H2,2-3H3. The quantitative estimate of drug-likeness (QED) is 0.624. The summed E-state index contributed by atoms with van der Waals surface area (Å²) in [7, 11) is 0.